The number of nitrogens with zero attached hydrogens (tertiary/aromatic N) is 5. The third-order valence-electron chi connectivity index (χ3n) is 2.11. The van der Waals surface area contributed by atoms with Crippen LogP contribution in [-0.2, 0) is 0 Å². The zero-order valence-electron chi connectivity index (χ0n) is 8.86. The summed E-state index contributed by atoms with van der Waals surface area (Å²) >= 11 is 0. The topological polar surface area (TPSA) is 97.6 Å². The Morgan fingerprint density at radius 2 is 2.35 bits per heavy atom. The molecule has 2 rings (SSSR count). The maximum absolute atomic E-state index is 10.9. The van der Waals surface area contributed by atoms with Crippen molar-refractivity contribution >= 4 is 5.69 Å². The van der Waals surface area contributed by atoms with Crippen molar-refractivity contribution in [3.8, 4) is 11.9 Å². The van der Waals surface area contributed by atoms with Crippen LogP contribution in [0.5, 0.6) is 0 Å². The highest BCUT2D eigenvalue weighted by molar-refractivity contribution is 5.50. The van der Waals surface area contributed by atoms with E-state index in [1.54, 1.807) is 19.2 Å². The van der Waals surface area contributed by atoms with Crippen molar-refractivity contribution in [1.29, 1.82) is 5.26 Å². The predicted molar refractivity (Wildman–Crippen MR) is 57.5 cm³/mol. The molecule has 0 aliphatic rings. The molecule has 2 aromatic heterocycles. The molecule has 0 N–H and O–H groups in total. The van der Waals surface area contributed by atoms with Gasteiger partial charge in [-0.05, 0) is 13.0 Å². The lowest BCUT2D eigenvalue weighted by molar-refractivity contribution is -0.385. The normalized spacial score (nSPS) is 9.88. The maximum atomic E-state index is 10.9. The van der Waals surface area contributed by atoms with Crippen molar-refractivity contribution in [2.75, 3.05) is 0 Å². The van der Waals surface area contributed by atoms with Gasteiger partial charge in [-0.2, -0.15) is 10.4 Å². The van der Waals surface area contributed by atoms with Gasteiger partial charge in [0.25, 0.3) is 0 Å². The first-order valence-electron chi connectivity index (χ1n) is 4.69. The second kappa shape index (κ2) is 4.02. The van der Waals surface area contributed by atoms with Crippen LogP contribution in [0.2, 0.25) is 0 Å². The molecule has 0 saturated carbocycles. The molecule has 17 heavy (non-hydrogen) atoms. The van der Waals surface area contributed by atoms with Crippen molar-refractivity contribution in [3.05, 3.63) is 45.9 Å². The van der Waals surface area contributed by atoms with Gasteiger partial charge in [-0.3, -0.25) is 10.1 Å². The predicted octanol–water partition coefficient (Wildman–Crippen LogP) is 1.36. The Hall–Kier alpha value is -2.75. The summed E-state index contributed by atoms with van der Waals surface area (Å²) in [6, 6.07) is 4.70. The van der Waals surface area contributed by atoms with Gasteiger partial charge in [0.05, 0.1) is 16.2 Å². The number of aryl methyl sites for hydroxylation is 1. The van der Waals surface area contributed by atoms with Crippen molar-refractivity contribution in [3.63, 3.8) is 0 Å². The molecule has 0 aromatic carbocycles. The molecule has 0 saturated heterocycles. The fourth-order valence-corrected chi connectivity index (χ4v) is 1.35. The van der Waals surface area contributed by atoms with E-state index in [-0.39, 0.29) is 17.1 Å². The Bertz CT molecular complexity index is 626. The summed E-state index contributed by atoms with van der Waals surface area (Å²) < 4.78 is 1.31. The van der Waals surface area contributed by atoms with Crippen LogP contribution >= 0.6 is 0 Å². The van der Waals surface area contributed by atoms with E-state index >= 15 is 0 Å². The van der Waals surface area contributed by atoms with Crippen LogP contribution in [-0.4, -0.2) is 19.7 Å². The third kappa shape index (κ3) is 1.96. The molecule has 84 valence electrons. The van der Waals surface area contributed by atoms with Crippen molar-refractivity contribution in [2.45, 2.75) is 6.92 Å². The minimum absolute atomic E-state index is 0.0992. The van der Waals surface area contributed by atoms with Gasteiger partial charge in [-0.1, -0.05) is 0 Å². The standard InChI is InChI=1S/C10H7N5O2/c1-7-2-3-14(13-7)10-9(15(16)17)4-8(5-11)6-12-10/h2-4,6H,1H3. The Kier molecular flexibility index (Phi) is 2.54. The first-order valence-corrected chi connectivity index (χ1v) is 4.69. The monoisotopic (exact) mass is 229 g/mol. The van der Waals surface area contributed by atoms with Gasteiger partial charge >= 0.3 is 5.69 Å². The van der Waals surface area contributed by atoms with E-state index in [0.29, 0.717) is 0 Å². The molecule has 0 atom stereocenters. The lowest BCUT2D eigenvalue weighted by Gasteiger charge is -2.01. The molecular weight excluding hydrogens is 222 g/mol. The molecule has 0 bridgehead atoms. The highest BCUT2D eigenvalue weighted by Gasteiger charge is 2.18. The third-order valence-corrected chi connectivity index (χ3v) is 2.11. The van der Waals surface area contributed by atoms with E-state index in [1.807, 2.05) is 6.07 Å². The van der Waals surface area contributed by atoms with Crippen molar-refractivity contribution in [1.82, 2.24) is 14.8 Å². The fraction of sp³-hybridized carbons (Fsp3) is 0.100. The largest absolute Gasteiger partial charge is 0.315 e. The van der Waals surface area contributed by atoms with Crippen LogP contribution in [0.1, 0.15) is 11.3 Å². The average molecular weight is 229 g/mol. The van der Waals surface area contributed by atoms with E-state index in [1.165, 1.54) is 16.9 Å². The molecule has 0 radical (unpaired) electrons. The summed E-state index contributed by atoms with van der Waals surface area (Å²) in [6.07, 6.45) is 2.86. The molecular formula is C10H7N5O2. The molecule has 0 amide bonds. The fourth-order valence-electron chi connectivity index (χ4n) is 1.35. The minimum atomic E-state index is -0.583. The minimum Gasteiger partial charge on any atom is -0.258 e. The Morgan fingerprint density at radius 1 is 1.59 bits per heavy atom. The van der Waals surface area contributed by atoms with Gasteiger partial charge in [0.1, 0.15) is 6.07 Å². The molecule has 0 unspecified atom stereocenters. The number of nitriles is 1. The molecule has 0 aliphatic carbocycles. The number of hydrogen-bond acceptors (Lipinski definition) is 5. The zero-order valence-corrected chi connectivity index (χ0v) is 8.86. The summed E-state index contributed by atoms with van der Waals surface area (Å²) in [7, 11) is 0. The Balaban J connectivity index is 2.62. The number of rotatable bonds is 2. The summed E-state index contributed by atoms with van der Waals surface area (Å²) in [6.45, 7) is 1.77. The summed E-state index contributed by atoms with van der Waals surface area (Å²) in [4.78, 5) is 14.2. The van der Waals surface area contributed by atoms with Crippen LogP contribution in [0.4, 0.5) is 5.69 Å². The van der Waals surface area contributed by atoms with Gasteiger partial charge < -0.3 is 0 Å². The van der Waals surface area contributed by atoms with Crippen molar-refractivity contribution < 1.29 is 4.92 Å². The Labute approximate surface area is 96.1 Å². The lowest BCUT2D eigenvalue weighted by atomic mass is 10.3. The molecule has 2 aromatic rings. The highest BCUT2D eigenvalue weighted by Crippen LogP contribution is 2.20. The maximum Gasteiger partial charge on any atom is 0.315 e. The number of hydrogen-bond donors (Lipinski definition) is 0. The zero-order chi connectivity index (χ0) is 12.4. The van der Waals surface area contributed by atoms with Gasteiger partial charge in [-0.15, -0.1) is 0 Å². The smallest absolute Gasteiger partial charge is 0.258 e. The molecule has 7 nitrogen and oxygen atoms in total. The highest BCUT2D eigenvalue weighted by atomic mass is 16.6. The van der Waals surface area contributed by atoms with Crippen LogP contribution < -0.4 is 0 Å². The molecule has 7 heteroatoms. The first kappa shape index (κ1) is 10.8. The first-order chi connectivity index (χ1) is 8.11. The van der Waals surface area contributed by atoms with Crippen LogP contribution in [0.15, 0.2) is 24.5 Å². The van der Waals surface area contributed by atoms with Crippen molar-refractivity contribution in [2.24, 2.45) is 0 Å². The van der Waals surface area contributed by atoms with E-state index in [0.717, 1.165) is 5.69 Å². The quantitative estimate of drug-likeness (QED) is 0.571. The average Bonchev–Trinajstić information content (AvgIpc) is 2.75. The van der Waals surface area contributed by atoms with E-state index in [2.05, 4.69) is 10.1 Å². The molecule has 0 fully saturated rings. The van der Waals surface area contributed by atoms with Gasteiger partial charge in [0.15, 0.2) is 0 Å². The van der Waals surface area contributed by atoms with Crippen LogP contribution in [0.25, 0.3) is 5.82 Å². The number of pyridine rings is 1. The van der Waals surface area contributed by atoms with Crippen LogP contribution in [0.3, 0.4) is 0 Å². The van der Waals surface area contributed by atoms with Gasteiger partial charge in [0.2, 0.25) is 5.82 Å². The summed E-state index contributed by atoms with van der Waals surface area (Å²) in [5.41, 5.74) is 0.627. The second-order valence-electron chi connectivity index (χ2n) is 3.34. The number of aromatic nitrogens is 3. The summed E-state index contributed by atoms with van der Waals surface area (Å²) in [5, 5.41) is 23.6. The SMILES string of the molecule is Cc1ccn(-c2ncc(C#N)cc2[N+](=O)[O-])n1. The Morgan fingerprint density at radius 3 is 2.88 bits per heavy atom. The molecule has 2 heterocycles. The van der Waals surface area contributed by atoms with E-state index in [4.69, 9.17) is 5.26 Å². The second-order valence-corrected chi connectivity index (χ2v) is 3.34. The molecule has 0 spiro atoms. The number of nitro groups is 1. The summed E-state index contributed by atoms with van der Waals surface area (Å²) in [5.74, 6) is 0.0992. The van der Waals surface area contributed by atoms with E-state index in [9.17, 15) is 10.1 Å². The van der Waals surface area contributed by atoms with E-state index < -0.39 is 4.92 Å². The van der Waals surface area contributed by atoms with Crippen LogP contribution in [0, 0.1) is 28.4 Å². The molecule has 0 aliphatic heterocycles. The van der Waals surface area contributed by atoms with Gasteiger partial charge in [0, 0.05) is 18.5 Å². The van der Waals surface area contributed by atoms with Gasteiger partial charge in [-0.25, -0.2) is 9.67 Å². The lowest BCUT2D eigenvalue weighted by Crippen LogP contribution is -2.04.